The normalized spacial score (nSPS) is 8.07. The Labute approximate surface area is 86.5 Å². The molecule has 1 aromatic rings. The Morgan fingerprint density at radius 3 is 1.87 bits per heavy atom. The predicted molar refractivity (Wildman–Crippen MR) is 49.6 cm³/mol. The van der Waals surface area contributed by atoms with Crippen LogP contribution in [0.15, 0.2) is 29.8 Å². The van der Waals surface area contributed by atoms with E-state index in [1.807, 2.05) is 0 Å². The van der Waals surface area contributed by atoms with Gasteiger partial charge in [0.15, 0.2) is 0 Å². The van der Waals surface area contributed by atoms with Crippen LogP contribution in [0.2, 0.25) is 0 Å². The second-order valence-electron chi connectivity index (χ2n) is 2.61. The highest BCUT2D eigenvalue weighted by Gasteiger charge is 2.07. The quantitative estimate of drug-likeness (QED) is 0.625. The Morgan fingerprint density at radius 1 is 0.933 bits per heavy atom. The van der Waals surface area contributed by atoms with Gasteiger partial charge in [0, 0.05) is 0 Å². The van der Waals surface area contributed by atoms with Crippen molar-refractivity contribution >= 4 is 5.57 Å². The van der Waals surface area contributed by atoms with Crippen molar-refractivity contribution in [2.45, 2.75) is 0 Å². The van der Waals surface area contributed by atoms with Crippen molar-refractivity contribution < 1.29 is 5.11 Å². The number of hydrogen-bond acceptors (Lipinski definition) is 4. The zero-order valence-corrected chi connectivity index (χ0v) is 7.56. The fraction of sp³-hybridized carbons (Fsp3) is 0. The molecular formula is C11H4N3O-. The van der Waals surface area contributed by atoms with E-state index in [9.17, 15) is 5.11 Å². The third-order valence-corrected chi connectivity index (χ3v) is 1.73. The molecule has 4 nitrogen and oxygen atoms in total. The van der Waals surface area contributed by atoms with Crippen LogP contribution in [-0.2, 0) is 0 Å². The summed E-state index contributed by atoms with van der Waals surface area (Å²) in [7, 11) is 0. The summed E-state index contributed by atoms with van der Waals surface area (Å²) in [4.78, 5) is 0. The Bertz CT molecular complexity index is 505. The molecule has 0 atom stereocenters. The average molecular weight is 194 g/mol. The van der Waals surface area contributed by atoms with Crippen LogP contribution in [0.5, 0.6) is 5.75 Å². The molecule has 0 aliphatic carbocycles. The van der Waals surface area contributed by atoms with Crippen molar-refractivity contribution in [3.63, 3.8) is 0 Å². The van der Waals surface area contributed by atoms with Gasteiger partial charge in [0.25, 0.3) is 0 Å². The molecule has 0 bridgehead atoms. The lowest BCUT2D eigenvalue weighted by Gasteiger charge is -2.05. The molecular weight excluding hydrogens is 190 g/mol. The van der Waals surface area contributed by atoms with Crippen molar-refractivity contribution in [3.8, 4) is 24.0 Å². The molecule has 0 heterocycles. The first-order chi connectivity index (χ1) is 7.22. The topological polar surface area (TPSA) is 94.4 Å². The SMILES string of the molecule is N#CC(C#N)=C(C#N)c1ccc([O-])cc1. The summed E-state index contributed by atoms with van der Waals surface area (Å²) in [5.74, 6) is -0.188. The summed E-state index contributed by atoms with van der Waals surface area (Å²) < 4.78 is 0. The molecule has 0 amide bonds. The van der Waals surface area contributed by atoms with E-state index in [1.165, 1.54) is 24.3 Å². The van der Waals surface area contributed by atoms with Crippen LogP contribution in [0.1, 0.15) is 5.56 Å². The molecule has 0 saturated carbocycles. The van der Waals surface area contributed by atoms with Gasteiger partial charge >= 0.3 is 0 Å². The molecule has 0 spiro atoms. The van der Waals surface area contributed by atoms with Gasteiger partial charge in [-0.2, -0.15) is 15.8 Å². The Kier molecular flexibility index (Phi) is 3.07. The molecule has 0 aliphatic heterocycles. The smallest absolute Gasteiger partial charge is 0.148 e. The fourth-order valence-corrected chi connectivity index (χ4v) is 1.02. The van der Waals surface area contributed by atoms with E-state index >= 15 is 0 Å². The average Bonchev–Trinajstić information content (AvgIpc) is 2.27. The zero-order chi connectivity index (χ0) is 11.3. The highest BCUT2D eigenvalue weighted by molar-refractivity contribution is 5.84. The van der Waals surface area contributed by atoms with Gasteiger partial charge in [0.2, 0.25) is 0 Å². The van der Waals surface area contributed by atoms with E-state index in [1.54, 1.807) is 18.2 Å². The van der Waals surface area contributed by atoms with Crippen molar-refractivity contribution in [1.29, 1.82) is 15.8 Å². The van der Waals surface area contributed by atoms with E-state index in [2.05, 4.69) is 0 Å². The minimum Gasteiger partial charge on any atom is -0.872 e. The summed E-state index contributed by atoms with van der Waals surface area (Å²) in [6, 6.07) is 10.4. The zero-order valence-electron chi connectivity index (χ0n) is 7.56. The summed E-state index contributed by atoms with van der Waals surface area (Å²) in [6.45, 7) is 0. The van der Waals surface area contributed by atoms with Crippen LogP contribution in [0, 0.1) is 34.0 Å². The highest BCUT2D eigenvalue weighted by atomic mass is 16.3. The second-order valence-corrected chi connectivity index (χ2v) is 2.61. The third-order valence-electron chi connectivity index (χ3n) is 1.73. The number of hydrogen-bond donors (Lipinski definition) is 0. The Morgan fingerprint density at radius 2 is 1.47 bits per heavy atom. The molecule has 0 saturated heterocycles. The minimum atomic E-state index is -0.254. The van der Waals surface area contributed by atoms with Gasteiger partial charge in [-0.05, 0) is 5.56 Å². The first kappa shape index (κ1) is 10.3. The molecule has 4 heteroatoms. The van der Waals surface area contributed by atoms with Gasteiger partial charge in [-0.25, -0.2) is 0 Å². The molecule has 1 rings (SSSR count). The molecule has 0 unspecified atom stereocenters. The number of allylic oxidation sites excluding steroid dienone is 2. The van der Waals surface area contributed by atoms with Gasteiger partial charge in [0.05, 0.1) is 5.57 Å². The lowest BCUT2D eigenvalue weighted by Crippen LogP contribution is -1.90. The maximum absolute atomic E-state index is 10.8. The van der Waals surface area contributed by atoms with Crippen LogP contribution in [0.3, 0.4) is 0 Å². The van der Waals surface area contributed by atoms with Crippen LogP contribution < -0.4 is 5.11 Å². The largest absolute Gasteiger partial charge is 0.872 e. The van der Waals surface area contributed by atoms with Crippen LogP contribution >= 0.6 is 0 Å². The lowest BCUT2D eigenvalue weighted by atomic mass is 10.0. The summed E-state index contributed by atoms with van der Waals surface area (Å²) in [6.07, 6.45) is 0. The standard InChI is InChI=1S/C11H5N3O/c12-5-9(6-13)11(7-14)8-1-3-10(15)4-2-8/h1-4,15H/p-1. The molecule has 70 valence electrons. The lowest BCUT2D eigenvalue weighted by molar-refractivity contribution is -0.268. The highest BCUT2D eigenvalue weighted by Crippen LogP contribution is 2.19. The first-order valence-electron chi connectivity index (χ1n) is 3.95. The van der Waals surface area contributed by atoms with E-state index < -0.39 is 0 Å². The summed E-state index contributed by atoms with van der Waals surface area (Å²) in [5, 5.41) is 36.8. The predicted octanol–water partition coefficient (Wildman–Crippen LogP) is 1.08. The molecule has 0 fully saturated rings. The number of benzene rings is 1. The van der Waals surface area contributed by atoms with E-state index in [0.717, 1.165) is 0 Å². The molecule has 0 N–H and O–H groups in total. The minimum absolute atomic E-state index is 0.0139. The number of nitrogens with zero attached hydrogens (tertiary/aromatic N) is 3. The molecule has 0 aliphatic rings. The number of nitriles is 3. The Balaban J connectivity index is 3.35. The maximum Gasteiger partial charge on any atom is 0.148 e. The van der Waals surface area contributed by atoms with Gasteiger partial charge in [-0.3, -0.25) is 0 Å². The fourth-order valence-electron chi connectivity index (χ4n) is 1.02. The van der Waals surface area contributed by atoms with E-state index in [4.69, 9.17) is 15.8 Å². The molecule has 0 aromatic heterocycles. The second kappa shape index (κ2) is 4.46. The van der Waals surface area contributed by atoms with Crippen molar-refractivity contribution in [1.82, 2.24) is 0 Å². The van der Waals surface area contributed by atoms with Gasteiger partial charge in [-0.1, -0.05) is 24.3 Å². The Hall–Kier alpha value is -2.77. The maximum atomic E-state index is 10.8. The number of rotatable bonds is 1. The third kappa shape index (κ3) is 2.12. The van der Waals surface area contributed by atoms with Gasteiger partial charge < -0.3 is 5.11 Å². The first-order valence-corrected chi connectivity index (χ1v) is 3.95. The summed E-state index contributed by atoms with van der Waals surface area (Å²) in [5.41, 5.74) is 0.131. The van der Waals surface area contributed by atoms with Crippen LogP contribution in [0.25, 0.3) is 5.57 Å². The molecule has 1 aromatic carbocycles. The van der Waals surface area contributed by atoms with Crippen LogP contribution in [-0.4, -0.2) is 0 Å². The van der Waals surface area contributed by atoms with E-state index in [-0.39, 0.29) is 16.9 Å². The van der Waals surface area contributed by atoms with Gasteiger partial charge in [-0.15, -0.1) is 5.75 Å². The van der Waals surface area contributed by atoms with Crippen molar-refractivity contribution in [2.75, 3.05) is 0 Å². The van der Waals surface area contributed by atoms with E-state index in [0.29, 0.717) is 5.56 Å². The van der Waals surface area contributed by atoms with Crippen LogP contribution in [0.4, 0.5) is 0 Å². The molecule has 15 heavy (non-hydrogen) atoms. The molecule has 0 radical (unpaired) electrons. The van der Waals surface area contributed by atoms with Crippen molar-refractivity contribution in [2.24, 2.45) is 0 Å². The summed E-state index contributed by atoms with van der Waals surface area (Å²) >= 11 is 0. The monoisotopic (exact) mass is 194 g/mol. The van der Waals surface area contributed by atoms with Gasteiger partial charge in [0.1, 0.15) is 23.8 Å². The van der Waals surface area contributed by atoms with Crippen molar-refractivity contribution in [3.05, 3.63) is 35.4 Å².